The maximum atomic E-state index is 6.83. The zero-order valence-corrected chi connectivity index (χ0v) is 40.1. The number of aromatic amines is 3. The number of hydrogen-bond acceptors (Lipinski definition) is 8. The molecule has 0 saturated carbocycles. The molecule has 70 heavy (non-hydrogen) atoms. The smallest absolute Gasteiger partial charge is 0.146 e. The van der Waals surface area contributed by atoms with Crippen LogP contribution in [0, 0.1) is 0 Å². The third kappa shape index (κ3) is 8.44. The van der Waals surface area contributed by atoms with Gasteiger partial charge in [-0.3, -0.25) is 19.7 Å². The molecule has 3 aliphatic heterocycles. The third-order valence-corrected chi connectivity index (χ3v) is 15.4. The fraction of sp³-hybridized carbons (Fsp3) is 0.263. The van der Waals surface area contributed by atoms with E-state index in [-0.39, 0.29) is 0 Å². The summed E-state index contributed by atoms with van der Waals surface area (Å²) in [4.78, 5) is 35.4. The summed E-state index contributed by atoms with van der Waals surface area (Å²) in [5.74, 6) is 0. The number of hydrogen-bond donors (Lipinski definition) is 3. The molecule has 0 unspecified atom stereocenters. The predicted octanol–water partition coefficient (Wildman–Crippen LogP) is 10.2. The minimum Gasteiger partial charge on any atom is -0.369 e. The molecule has 0 bridgehead atoms. The van der Waals surface area contributed by atoms with E-state index in [9.17, 15) is 0 Å². The van der Waals surface area contributed by atoms with Gasteiger partial charge in [0.05, 0.1) is 5.52 Å². The van der Waals surface area contributed by atoms with Gasteiger partial charge >= 0.3 is 0 Å². The zero-order valence-electron chi connectivity index (χ0n) is 39.4. The van der Waals surface area contributed by atoms with Crippen molar-refractivity contribution in [2.45, 2.75) is 19.6 Å². The number of halogens is 1. The van der Waals surface area contributed by atoms with Gasteiger partial charge in [-0.15, -0.1) is 0 Å². The van der Waals surface area contributed by atoms with Crippen molar-refractivity contribution in [1.82, 2.24) is 44.2 Å². The Bertz CT molecular complexity index is 3420. The van der Waals surface area contributed by atoms with Gasteiger partial charge in [0.1, 0.15) is 5.65 Å². The van der Waals surface area contributed by atoms with Gasteiger partial charge in [-0.05, 0) is 95.2 Å². The number of nitrogens with zero attached hydrogens (tertiary/aromatic N) is 9. The molecule has 6 aromatic heterocycles. The van der Waals surface area contributed by atoms with Crippen LogP contribution in [-0.4, -0.2) is 123 Å². The van der Waals surface area contributed by atoms with Crippen molar-refractivity contribution in [3.8, 4) is 16.8 Å². The second-order valence-electron chi connectivity index (χ2n) is 19.4. The van der Waals surface area contributed by atoms with Crippen molar-refractivity contribution in [2.75, 3.05) is 93.2 Å². The SMILES string of the molecule is Clc1ccc(-c2ccc3cc(CN4CCN(c5ccnc6c5ccn6-c5cccc(N6CCN(Cc7cc8ccccc8[nH]7)CC6)c5)CC4)[nH]c3c2)c2[nH]c(CN3CCN(c4ccncc4)CC3)cc12. The second-order valence-corrected chi connectivity index (χ2v) is 19.8. The van der Waals surface area contributed by atoms with Crippen LogP contribution in [0.25, 0.3) is 60.6 Å². The summed E-state index contributed by atoms with van der Waals surface area (Å²) in [6.45, 7) is 14.7. The fourth-order valence-electron chi connectivity index (χ4n) is 11.3. The number of fused-ring (bicyclic) bond motifs is 4. The standard InChI is InChI=1S/C57H57ClN12/c58-52-11-10-49(56-51(52)35-45(63-56)39-65-20-26-67(27-21-65)46-12-16-59-17-13-46)40-8-9-42-33-44(62-54(42)34-40)38-66-24-30-69(31-25-66)55-14-18-60-57-50(55)15-19-70(57)48-6-3-5-47(36-48)68-28-22-64(23-29-68)37-43-32-41-4-1-2-7-53(41)61-43/h1-19,32-36,61-63H,20-31,37-39H2. The molecule has 10 aromatic rings. The third-order valence-electron chi connectivity index (χ3n) is 15.1. The summed E-state index contributed by atoms with van der Waals surface area (Å²) >= 11 is 6.83. The molecule has 0 radical (unpaired) electrons. The first-order valence-corrected chi connectivity index (χ1v) is 25.3. The molecule has 0 atom stereocenters. The van der Waals surface area contributed by atoms with Gasteiger partial charge in [-0.25, -0.2) is 4.98 Å². The molecule has 13 heteroatoms. The Labute approximate surface area is 412 Å². The Morgan fingerprint density at radius 3 is 1.84 bits per heavy atom. The molecule has 0 aliphatic carbocycles. The van der Waals surface area contributed by atoms with Crippen LogP contribution in [0.1, 0.15) is 17.1 Å². The number of aromatic nitrogens is 6. The van der Waals surface area contributed by atoms with E-state index in [1.54, 1.807) is 0 Å². The lowest BCUT2D eigenvalue weighted by atomic mass is 10.0. The molecule has 4 aromatic carbocycles. The van der Waals surface area contributed by atoms with Crippen molar-refractivity contribution in [3.05, 3.63) is 168 Å². The Morgan fingerprint density at radius 1 is 0.471 bits per heavy atom. The molecular formula is C57H57ClN12. The van der Waals surface area contributed by atoms with E-state index in [1.807, 2.05) is 24.7 Å². The summed E-state index contributed by atoms with van der Waals surface area (Å²) in [6, 6.07) is 44.0. The number of H-pyrrole nitrogens is 3. The maximum absolute atomic E-state index is 6.83. The van der Waals surface area contributed by atoms with E-state index in [4.69, 9.17) is 16.6 Å². The average molecular weight is 946 g/mol. The Kier molecular flexibility index (Phi) is 11.3. The lowest BCUT2D eigenvalue weighted by Gasteiger charge is -2.36. The number of rotatable bonds is 11. The van der Waals surface area contributed by atoms with Gasteiger partial charge in [-0.1, -0.05) is 54.1 Å². The topological polar surface area (TPSA) is 97.5 Å². The van der Waals surface area contributed by atoms with Crippen molar-refractivity contribution in [3.63, 3.8) is 0 Å². The normalized spacial score (nSPS) is 16.7. The van der Waals surface area contributed by atoms with Gasteiger partial charge in [0, 0.05) is 195 Å². The minimum absolute atomic E-state index is 0.777. The van der Waals surface area contributed by atoms with Gasteiger partial charge in [-0.2, -0.15) is 0 Å². The summed E-state index contributed by atoms with van der Waals surface area (Å²) < 4.78 is 2.26. The first kappa shape index (κ1) is 43.0. The van der Waals surface area contributed by atoms with Crippen molar-refractivity contribution in [2.24, 2.45) is 0 Å². The average Bonchev–Trinajstić information content (AvgIpc) is 4.22. The minimum atomic E-state index is 0.777. The van der Waals surface area contributed by atoms with Crippen molar-refractivity contribution < 1.29 is 0 Å². The molecule has 3 fully saturated rings. The summed E-state index contributed by atoms with van der Waals surface area (Å²) in [5, 5.41) is 5.56. The molecule has 9 heterocycles. The van der Waals surface area contributed by atoms with E-state index < -0.39 is 0 Å². The monoisotopic (exact) mass is 944 g/mol. The Balaban J connectivity index is 0.641. The number of nitrogens with one attached hydrogen (secondary N) is 3. The lowest BCUT2D eigenvalue weighted by molar-refractivity contribution is 0.247. The first-order chi connectivity index (χ1) is 34.5. The van der Waals surface area contributed by atoms with Gasteiger partial charge in [0.25, 0.3) is 0 Å². The highest BCUT2D eigenvalue weighted by Gasteiger charge is 2.24. The van der Waals surface area contributed by atoms with Crippen LogP contribution in [-0.2, 0) is 19.6 Å². The Hall–Kier alpha value is -7.09. The molecule has 3 N–H and O–H groups in total. The van der Waals surface area contributed by atoms with Gasteiger partial charge in [0.2, 0.25) is 0 Å². The number of para-hydroxylation sites is 1. The molecule has 12 nitrogen and oxygen atoms in total. The van der Waals surface area contributed by atoms with E-state index in [0.29, 0.717) is 0 Å². The molecule has 13 rings (SSSR count). The van der Waals surface area contributed by atoms with Crippen LogP contribution in [0.4, 0.5) is 17.1 Å². The van der Waals surface area contributed by atoms with Crippen LogP contribution in [0.15, 0.2) is 146 Å². The largest absolute Gasteiger partial charge is 0.369 e. The molecule has 352 valence electrons. The quantitative estimate of drug-likeness (QED) is 0.118. The highest BCUT2D eigenvalue weighted by Crippen LogP contribution is 2.36. The number of pyridine rings is 2. The Morgan fingerprint density at radius 2 is 1.11 bits per heavy atom. The van der Waals surface area contributed by atoms with Crippen LogP contribution < -0.4 is 14.7 Å². The van der Waals surface area contributed by atoms with E-state index >= 15 is 0 Å². The van der Waals surface area contributed by atoms with Crippen LogP contribution in [0.5, 0.6) is 0 Å². The van der Waals surface area contributed by atoms with E-state index in [0.717, 1.165) is 131 Å². The highest BCUT2D eigenvalue weighted by molar-refractivity contribution is 6.36. The first-order valence-electron chi connectivity index (χ1n) is 24.9. The highest BCUT2D eigenvalue weighted by atomic mass is 35.5. The summed E-state index contributed by atoms with van der Waals surface area (Å²) in [6.07, 6.45) is 7.92. The summed E-state index contributed by atoms with van der Waals surface area (Å²) in [7, 11) is 0. The van der Waals surface area contributed by atoms with E-state index in [1.165, 1.54) is 66.9 Å². The molecular weight excluding hydrogens is 888 g/mol. The van der Waals surface area contributed by atoms with Gasteiger partial charge in [0.15, 0.2) is 0 Å². The lowest BCUT2D eigenvalue weighted by Crippen LogP contribution is -2.46. The maximum Gasteiger partial charge on any atom is 0.146 e. The van der Waals surface area contributed by atoms with E-state index in [2.05, 4.69) is 175 Å². The van der Waals surface area contributed by atoms with Crippen molar-refractivity contribution in [1.29, 1.82) is 0 Å². The van der Waals surface area contributed by atoms with Crippen LogP contribution >= 0.6 is 11.6 Å². The molecule has 3 saturated heterocycles. The molecule has 0 spiro atoms. The predicted molar refractivity (Wildman–Crippen MR) is 287 cm³/mol. The zero-order chi connectivity index (χ0) is 46.5. The number of benzene rings is 4. The fourth-order valence-corrected chi connectivity index (χ4v) is 11.5. The van der Waals surface area contributed by atoms with Crippen molar-refractivity contribution >= 4 is 72.4 Å². The number of anilines is 3. The second kappa shape index (κ2) is 18.3. The molecule has 3 aliphatic rings. The van der Waals surface area contributed by atoms with Gasteiger partial charge < -0.3 is 34.2 Å². The van der Waals surface area contributed by atoms with Crippen LogP contribution in [0.3, 0.4) is 0 Å². The van der Waals surface area contributed by atoms with Crippen LogP contribution in [0.2, 0.25) is 5.02 Å². The summed E-state index contributed by atoms with van der Waals surface area (Å²) in [5.41, 5.74) is 15.4. The number of piperazine rings is 3. The molecule has 0 amide bonds.